The fraction of sp³-hybridized carbons (Fsp3) is 0.381. The van der Waals surface area contributed by atoms with Crippen LogP contribution in [0.5, 0.6) is 5.75 Å². The minimum Gasteiger partial charge on any atom is -0.491 e. The maximum atomic E-state index is 13.0. The van der Waals surface area contributed by atoms with Crippen molar-refractivity contribution in [1.29, 1.82) is 0 Å². The number of benzene rings is 2. The highest BCUT2D eigenvalue weighted by molar-refractivity contribution is 7.92. The predicted octanol–water partition coefficient (Wildman–Crippen LogP) is 4.62. The molecule has 0 aliphatic carbocycles. The Balaban J connectivity index is 2.32. The molecule has 1 amide bonds. The van der Waals surface area contributed by atoms with Crippen molar-refractivity contribution in [3.8, 4) is 5.75 Å². The summed E-state index contributed by atoms with van der Waals surface area (Å²) < 4.78 is 31.9. The fourth-order valence-corrected chi connectivity index (χ4v) is 4.40. The average molecular weight is 439 g/mol. The number of amides is 1. The molecule has 0 spiro atoms. The van der Waals surface area contributed by atoms with Gasteiger partial charge in [-0.05, 0) is 69.2 Å². The molecule has 1 N–H and O–H groups in total. The van der Waals surface area contributed by atoms with Crippen molar-refractivity contribution in [3.05, 3.63) is 53.1 Å². The van der Waals surface area contributed by atoms with Crippen molar-refractivity contribution >= 4 is 38.9 Å². The van der Waals surface area contributed by atoms with E-state index >= 15 is 0 Å². The fourth-order valence-electron chi connectivity index (χ4n) is 2.97. The zero-order valence-corrected chi connectivity index (χ0v) is 18.8. The molecule has 2 aromatic rings. The van der Waals surface area contributed by atoms with Crippen LogP contribution in [0, 0.1) is 6.92 Å². The van der Waals surface area contributed by atoms with Crippen molar-refractivity contribution in [2.45, 2.75) is 46.3 Å². The molecule has 0 heterocycles. The van der Waals surface area contributed by atoms with Crippen molar-refractivity contribution in [3.63, 3.8) is 0 Å². The number of aryl methyl sites for hydroxylation is 1. The Morgan fingerprint density at radius 3 is 2.31 bits per heavy atom. The molecule has 2 rings (SSSR count). The second-order valence-corrected chi connectivity index (χ2v) is 9.39. The molecule has 0 fully saturated rings. The number of hydrogen-bond acceptors (Lipinski definition) is 4. The first-order valence-electron chi connectivity index (χ1n) is 9.36. The van der Waals surface area contributed by atoms with Gasteiger partial charge in [-0.15, -0.1) is 0 Å². The minimum absolute atomic E-state index is 0.0455. The lowest BCUT2D eigenvalue weighted by Crippen LogP contribution is -2.47. The number of halogens is 1. The van der Waals surface area contributed by atoms with Gasteiger partial charge in [0.15, 0.2) is 0 Å². The second-order valence-electron chi connectivity index (χ2n) is 7.09. The van der Waals surface area contributed by atoms with Gasteiger partial charge in [-0.25, -0.2) is 8.42 Å². The van der Waals surface area contributed by atoms with Gasteiger partial charge in [0, 0.05) is 10.7 Å². The Kier molecular flexibility index (Phi) is 7.54. The van der Waals surface area contributed by atoms with Crippen LogP contribution in [0.4, 0.5) is 11.4 Å². The maximum absolute atomic E-state index is 13.0. The van der Waals surface area contributed by atoms with Gasteiger partial charge in [-0.2, -0.15) is 0 Å². The molecule has 0 saturated heterocycles. The van der Waals surface area contributed by atoms with E-state index in [0.717, 1.165) is 10.6 Å². The minimum atomic E-state index is -3.73. The van der Waals surface area contributed by atoms with Crippen LogP contribution in [0.25, 0.3) is 0 Å². The smallest absolute Gasteiger partial charge is 0.248 e. The van der Waals surface area contributed by atoms with Gasteiger partial charge in [-0.1, -0.05) is 24.6 Å². The second kappa shape index (κ2) is 9.50. The summed E-state index contributed by atoms with van der Waals surface area (Å²) in [6.45, 7) is 7.40. The molecule has 2 aromatic carbocycles. The normalized spacial score (nSPS) is 12.5. The van der Waals surface area contributed by atoms with Crippen LogP contribution in [0.3, 0.4) is 0 Å². The number of nitrogens with one attached hydrogen (secondary N) is 1. The molecule has 0 radical (unpaired) electrons. The Hall–Kier alpha value is -2.25. The standard InChI is InChI=1S/C21H27ClN2O4S/c1-6-19(21(25)23-17-9-11-18(12-10-17)28-14(2)3)24(29(5,26)27)20-13-16(22)8-7-15(20)4/h7-14,19H,6H2,1-5H3,(H,23,25). The number of anilines is 2. The van der Waals surface area contributed by atoms with E-state index in [4.69, 9.17) is 16.3 Å². The molecule has 1 atom stereocenters. The zero-order chi connectivity index (χ0) is 21.8. The Labute approximate surface area is 177 Å². The number of rotatable bonds is 8. The first-order chi connectivity index (χ1) is 13.5. The van der Waals surface area contributed by atoms with E-state index in [1.807, 2.05) is 13.8 Å². The van der Waals surface area contributed by atoms with Crippen LogP contribution < -0.4 is 14.4 Å². The molecule has 0 saturated carbocycles. The quantitative estimate of drug-likeness (QED) is 0.652. The number of sulfonamides is 1. The van der Waals surface area contributed by atoms with Crippen molar-refractivity contribution in [2.75, 3.05) is 15.9 Å². The van der Waals surface area contributed by atoms with Gasteiger partial charge in [0.05, 0.1) is 18.0 Å². The summed E-state index contributed by atoms with van der Waals surface area (Å²) in [5, 5.41) is 3.19. The van der Waals surface area contributed by atoms with E-state index in [2.05, 4.69) is 5.32 Å². The molecule has 1 unspecified atom stereocenters. The summed E-state index contributed by atoms with van der Waals surface area (Å²) in [5.74, 6) is 0.271. The molecule has 0 aliphatic heterocycles. The first-order valence-corrected chi connectivity index (χ1v) is 11.6. The van der Waals surface area contributed by atoms with Crippen LogP contribution >= 0.6 is 11.6 Å². The number of carbonyl (C=O) groups excluding carboxylic acids is 1. The lowest BCUT2D eigenvalue weighted by Gasteiger charge is -2.31. The summed E-state index contributed by atoms with van der Waals surface area (Å²) in [7, 11) is -3.73. The van der Waals surface area contributed by atoms with E-state index in [1.165, 1.54) is 0 Å². The third kappa shape index (κ3) is 6.11. The van der Waals surface area contributed by atoms with E-state index in [9.17, 15) is 13.2 Å². The maximum Gasteiger partial charge on any atom is 0.248 e. The molecule has 158 valence electrons. The van der Waals surface area contributed by atoms with E-state index in [-0.39, 0.29) is 6.10 Å². The highest BCUT2D eigenvalue weighted by atomic mass is 35.5. The van der Waals surface area contributed by atoms with Crippen molar-refractivity contribution < 1.29 is 17.9 Å². The topological polar surface area (TPSA) is 75.7 Å². The van der Waals surface area contributed by atoms with E-state index < -0.39 is 22.0 Å². The summed E-state index contributed by atoms with van der Waals surface area (Å²) in [6, 6.07) is 11.0. The SMILES string of the molecule is CCC(C(=O)Nc1ccc(OC(C)C)cc1)N(c1cc(Cl)ccc1C)S(C)(=O)=O. The van der Waals surface area contributed by atoms with Crippen LogP contribution in [-0.4, -0.2) is 32.7 Å². The molecule has 0 aliphatic rings. The third-order valence-corrected chi connectivity index (χ3v) is 5.63. The molecular weight excluding hydrogens is 412 g/mol. The first kappa shape index (κ1) is 23.0. The molecule has 8 heteroatoms. The van der Waals surface area contributed by atoms with Gasteiger partial charge in [0.25, 0.3) is 0 Å². The number of nitrogens with zero attached hydrogens (tertiary/aromatic N) is 1. The van der Waals surface area contributed by atoms with Crippen molar-refractivity contribution in [2.24, 2.45) is 0 Å². The number of ether oxygens (including phenoxy) is 1. The molecule has 0 aromatic heterocycles. The monoisotopic (exact) mass is 438 g/mol. The Morgan fingerprint density at radius 1 is 1.17 bits per heavy atom. The molecule has 6 nitrogen and oxygen atoms in total. The van der Waals surface area contributed by atoms with Gasteiger partial charge in [-0.3, -0.25) is 9.10 Å². The molecule has 29 heavy (non-hydrogen) atoms. The van der Waals surface area contributed by atoms with Crippen molar-refractivity contribution in [1.82, 2.24) is 0 Å². The highest BCUT2D eigenvalue weighted by Crippen LogP contribution is 2.29. The lowest BCUT2D eigenvalue weighted by molar-refractivity contribution is -0.117. The van der Waals surface area contributed by atoms with E-state index in [0.29, 0.717) is 34.1 Å². The summed E-state index contributed by atoms with van der Waals surface area (Å²) in [6.07, 6.45) is 1.42. The van der Waals surface area contributed by atoms with Crippen LogP contribution in [0.15, 0.2) is 42.5 Å². The van der Waals surface area contributed by atoms with Gasteiger partial charge >= 0.3 is 0 Å². The number of hydrogen-bond donors (Lipinski definition) is 1. The Morgan fingerprint density at radius 2 is 1.79 bits per heavy atom. The van der Waals surface area contributed by atoms with Crippen LogP contribution in [-0.2, 0) is 14.8 Å². The number of carbonyl (C=O) groups is 1. The van der Waals surface area contributed by atoms with Gasteiger partial charge in [0.1, 0.15) is 11.8 Å². The predicted molar refractivity (Wildman–Crippen MR) is 118 cm³/mol. The largest absolute Gasteiger partial charge is 0.491 e. The lowest BCUT2D eigenvalue weighted by atomic mass is 10.1. The third-order valence-electron chi connectivity index (χ3n) is 4.23. The summed E-state index contributed by atoms with van der Waals surface area (Å²) in [4.78, 5) is 13.0. The molecular formula is C21H27ClN2O4S. The zero-order valence-electron chi connectivity index (χ0n) is 17.3. The Bertz CT molecular complexity index is 959. The summed E-state index contributed by atoms with van der Waals surface area (Å²) in [5.41, 5.74) is 1.66. The van der Waals surface area contributed by atoms with Gasteiger partial charge < -0.3 is 10.1 Å². The molecule has 0 bridgehead atoms. The summed E-state index contributed by atoms with van der Waals surface area (Å²) >= 11 is 6.09. The van der Waals surface area contributed by atoms with Crippen LogP contribution in [0.1, 0.15) is 32.8 Å². The van der Waals surface area contributed by atoms with Gasteiger partial charge in [0.2, 0.25) is 15.9 Å². The average Bonchev–Trinajstić information content (AvgIpc) is 2.62. The van der Waals surface area contributed by atoms with Crippen LogP contribution in [0.2, 0.25) is 5.02 Å². The van der Waals surface area contributed by atoms with E-state index in [1.54, 1.807) is 56.3 Å². The highest BCUT2D eigenvalue weighted by Gasteiger charge is 2.32.